The molecule has 1 aliphatic rings. The van der Waals surface area contributed by atoms with E-state index in [2.05, 4.69) is 16.4 Å². The first-order chi connectivity index (χ1) is 11.6. The second-order valence-electron chi connectivity index (χ2n) is 5.66. The molecule has 24 heavy (non-hydrogen) atoms. The lowest BCUT2D eigenvalue weighted by Crippen LogP contribution is -2.34. The zero-order valence-electron chi connectivity index (χ0n) is 13.0. The van der Waals surface area contributed by atoms with Crippen molar-refractivity contribution in [1.29, 1.82) is 0 Å². The minimum absolute atomic E-state index is 0.0293. The summed E-state index contributed by atoms with van der Waals surface area (Å²) in [5.74, 6) is -0.912. The molecule has 1 aromatic carbocycles. The highest BCUT2D eigenvalue weighted by molar-refractivity contribution is 6.29. The van der Waals surface area contributed by atoms with E-state index < -0.39 is 5.97 Å². The molecule has 6 heteroatoms. The molecular formula is C18H17ClN2O3. The first kappa shape index (κ1) is 16.5. The number of carbonyl (C=O) groups is 2. The number of nitrogens with one attached hydrogen (secondary N) is 1. The van der Waals surface area contributed by atoms with Crippen LogP contribution in [0.2, 0.25) is 5.15 Å². The van der Waals surface area contributed by atoms with E-state index in [1.54, 1.807) is 0 Å². The Bertz CT molecular complexity index is 746. The van der Waals surface area contributed by atoms with Crippen LogP contribution in [0.1, 0.15) is 40.4 Å². The van der Waals surface area contributed by atoms with E-state index in [-0.39, 0.29) is 24.1 Å². The molecule has 2 aromatic rings. The van der Waals surface area contributed by atoms with Gasteiger partial charge in [0.15, 0.2) is 6.61 Å². The summed E-state index contributed by atoms with van der Waals surface area (Å²) in [5, 5.41) is 3.23. The fraction of sp³-hybridized carbons (Fsp3) is 0.278. The summed E-state index contributed by atoms with van der Waals surface area (Å²) in [6.45, 7) is -0.319. The summed E-state index contributed by atoms with van der Waals surface area (Å²) in [7, 11) is 0. The third-order valence-electron chi connectivity index (χ3n) is 4.00. The number of aromatic nitrogens is 1. The number of fused-ring (bicyclic) bond motifs is 1. The molecule has 1 amide bonds. The smallest absolute Gasteiger partial charge is 0.340 e. The number of hydrogen-bond acceptors (Lipinski definition) is 4. The number of ether oxygens (including phenoxy) is 1. The molecule has 124 valence electrons. The lowest BCUT2D eigenvalue weighted by atomic mass is 9.88. The maximum absolute atomic E-state index is 12.1. The predicted molar refractivity (Wildman–Crippen MR) is 89.8 cm³/mol. The number of carbonyl (C=O) groups excluding carboxylic acids is 2. The molecular weight excluding hydrogens is 328 g/mol. The van der Waals surface area contributed by atoms with E-state index in [4.69, 9.17) is 16.3 Å². The van der Waals surface area contributed by atoms with Gasteiger partial charge >= 0.3 is 5.97 Å². The Kier molecular flexibility index (Phi) is 5.11. The molecule has 1 N–H and O–H groups in total. The summed E-state index contributed by atoms with van der Waals surface area (Å²) in [5.41, 5.74) is 2.67. The van der Waals surface area contributed by atoms with Gasteiger partial charge in [-0.05, 0) is 42.5 Å². The number of benzene rings is 1. The molecule has 1 heterocycles. The normalized spacial score (nSPS) is 16.1. The lowest BCUT2D eigenvalue weighted by Gasteiger charge is -2.26. The minimum atomic E-state index is -0.599. The highest BCUT2D eigenvalue weighted by Gasteiger charge is 2.21. The molecule has 1 aromatic heterocycles. The van der Waals surface area contributed by atoms with Crippen molar-refractivity contribution in [2.24, 2.45) is 0 Å². The van der Waals surface area contributed by atoms with Crippen LogP contribution >= 0.6 is 11.6 Å². The van der Waals surface area contributed by atoms with Gasteiger partial charge in [0.1, 0.15) is 5.15 Å². The molecule has 0 fully saturated rings. The van der Waals surface area contributed by atoms with Crippen molar-refractivity contribution in [3.8, 4) is 0 Å². The van der Waals surface area contributed by atoms with Crippen LogP contribution in [0.4, 0.5) is 0 Å². The highest BCUT2D eigenvalue weighted by atomic mass is 35.5. The summed E-state index contributed by atoms with van der Waals surface area (Å²) in [4.78, 5) is 27.8. The summed E-state index contributed by atoms with van der Waals surface area (Å²) in [6.07, 6.45) is 4.26. The van der Waals surface area contributed by atoms with Gasteiger partial charge in [-0.1, -0.05) is 35.9 Å². The number of pyridine rings is 1. The van der Waals surface area contributed by atoms with E-state index in [1.807, 2.05) is 18.2 Å². The van der Waals surface area contributed by atoms with Gasteiger partial charge in [-0.2, -0.15) is 0 Å². The van der Waals surface area contributed by atoms with Crippen LogP contribution in [0.25, 0.3) is 0 Å². The Morgan fingerprint density at radius 1 is 1.25 bits per heavy atom. The molecule has 0 saturated heterocycles. The van der Waals surface area contributed by atoms with Crippen LogP contribution in [-0.4, -0.2) is 23.5 Å². The lowest BCUT2D eigenvalue weighted by molar-refractivity contribution is -0.125. The van der Waals surface area contributed by atoms with Crippen LogP contribution in [0.15, 0.2) is 42.6 Å². The van der Waals surface area contributed by atoms with Crippen LogP contribution < -0.4 is 5.32 Å². The third-order valence-corrected chi connectivity index (χ3v) is 4.23. The molecule has 0 unspecified atom stereocenters. The molecule has 1 atom stereocenters. The SMILES string of the molecule is O=C(COC(=O)c1ccc(Cl)nc1)N[C@@H]1CCCc2ccccc21. The Labute approximate surface area is 145 Å². The molecule has 0 aliphatic heterocycles. The molecule has 0 spiro atoms. The number of rotatable bonds is 4. The number of aryl methyl sites for hydroxylation is 1. The van der Waals surface area contributed by atoms with Crippen molar-refractivity contribution in [1.82, 2.24) is 10.3 Å². The minimum Gasteiger partial charge on any atom is -0.452 e. The average molecular weight is 345 g/mol. The Morgan fingerprint density at radius 3 is 2.88 bits per heavy atom. The number of nitrogens with zero attached hydrogens (tertiary/aromatic N) is 1. The Balaban J connectivity index is 1.55. The van der Waals surface area contributed by atoms with Gasteiger partial charge in [0.25, 0.3) is 5.91 Å². The summed E-state index contributed by atoms with van der Waals surface area (Å²) in [6, 6.07) is 11.1. The maximum Gasteiger partial charge on any atom is 0.340 e. The number of halogens is 1. The molecule has 5 nitrogen and oxygen atoms in total. The van der Waals surface area contributed by atoms with Crippen LogP contribution in [0.5, 0.6) is 0 Å². The maximum atomic E-state index is 12.1. The van der Waals surface area contributed by atoms with E-state index in [0.717, 1.165) is 24.8 Å². The van der Waals surface area contributed by atoms with Gasteiger partial charge < -0.3 is 10.1 Å². The molecule has 0 bridgehead atoms. The topological polar surface area (TPSA) is 68.3 Å². The van der Waals surface area contributed by atoms with Gasteiger partial charge in [0.05, 0.1) is 11.6 Å². The Hall–Kier alpha value is -2.40. The number of amides is 1. The van der Waals surface area contributed by atoms with Crippen molar-refractivity contribution in [3.05, 3.63) is 64.4 Å². The third kappa shape index (κ3) is 3.92. The van der Waals surface area contributed by atoms with E-state index >= 15 is 0 Å². The monoisotopic (exact) mass is 344 g/mol. The van der Waals surface area contributed by atoms with Gasteiger partial charge in [0.2, 0.25) is 0 Å². The van der Waals surface area contributed by atoms with E-state index in [0.29, 0.717) is 5.15 Å². The van der Waals surface area contributed by atoms with Crippen LogP contribution in [0.3, 0.4) is 0 Å². The van der Waals surface area contributed by atoms with Crippen LogP contribution in [-0.2, 0) is 16.0 Å². The molecule has 3 rings (SSSR count). The van der Waals surface area contributed by atoms with Gasteiger partial charge in [-0.15, -0.1) is 0 Å². The Morgan fingerprint density at radius 2 is 2.08 bits per heavy atom. The quantitative estimate of drug-likeness (QED) is 0.683. The fourth-order valence-corrected chi connectivity index (χ4v) is 2.96. The van der Waals surface area contributed by atoms with Crippen LogP contribution in [0, 0.1) is 0 Å². The van der Waals surface area contributed by atoms with Crippen molar-refractivity contribution >= 4 is 23.5 Å². The fourth-order valence-electron chi connectivity index (χ4n) is 2.85. The summed E-state index contributed by atoms with van der Waals surface area (Å²) >= 11 is 5.67. The molecule has 0 saturated carbocycles. The van der Waals surface area contributed by atoms with Gasteiger partial charge in [-0.3, -0.25) is 4.79 Å². The molecule has 1 aliphatic carbocycles. The number of esters is 1. The highest BCUT2D eigenvalue weighted by Crippen LogP contribution is 2.29. The molecule has 0 radical (unpaired) electrons. The van der Waals surface area contributed by atoms with Crippen molar-refractivity contribution in [2.45, 2.75) is 25.3 Å². The zero-order valence-corrected chi connectivity index (χ0v) is 13.8. The van der Waals surface area contributed by atoms with E-state index in [1.165, 1.54) is 23.9 Å². The van der Waals surface area contributed by atoms with Gasteiger partial charge in [-0.25, -0.2) is 9.78 Å². The average Bonchev–Trinajstić information content (AvgIpc) is 2.61. The van der Waals surface area contributed by atoms with Gasteiger partial charge in [0, 0.05) is 6.20 Å². The predicted octanol–water partition coefficient (Wildman–Crippen LogP) is 3.09. The zero-order chi connectivity index (χ0) is 16.9. The van der Waals surface area contributed by atoms with Crippen molar-refractivity contribution in [2.75, 3.05) is 6.61 Å². The first-order valence-electron chi connectivity index (χ1n) is 7.79. The second-order valence-corrected chi connectivity index (χ2v) is 6.04. The first-order valence-corrected chi connectivity index (χ1v) is 8.17. The number of hydrogen-bond donors (Lipinski definition) is 1. The summed E-state index contributed by atoms with van der Waals surface area (Å²) < 4.78 is 5.03. The van der Waals surface area contributed by atoms with E-state index in [9.17, 15) is 9.59 Å². The van der Waals surface area contributed by atoms with Crippen molar-refractivity contribution in [3.63, 3.8) is 0 Å². The second kappa shape index (κ2) is 7.45. The van der Waals surface area contributed by atoms with Crippen molar-refractivity contribution < 1.29 is 14.3 Å². The standard InChI is InChI=1S/C18H17ClN2O3/c19-16-9-8-13(10-20-16)18(23)24-11-17(22)21-15-7-3-5-12-4-1-2-6-14(12)15/h1-2,4,6,8-10,15H,3,5,7,11H2,(H,21,22)/t15-/m1/s1. The largest absolute Gasteiger partial charge is 0.452 e.